The summed E-state index contributed by atoms with van der Waals surface area (Å²) in [5.74, 6) is 0.125. The maximum absolute atomic E-state index is 12.5. The van der Waals surface area contributed by atoms with Crippen molar-refractivity contribution in [2.24, 2.45) is 0 Å². The van der Waals surface area contributed by atoms with Crippen LogP contribution in [0.15, 0.2) is 42.5 Å². The van der Waals surface area contributed by atoms with Gasteiger partial charge in [0, 0.05) is 16.7 Å². The van der Waals surface area contributed by atoms with Crippen LogP contribution in [-0.4, -0.2) is 31.0 Å². The monoisotopic (exact) mass is 411 g/mol. The standard InChI is InChI=1S/C21H21N3O4S/c1-12-16(27-3)10-15(11-17(12)28-4)19(25)23-24-20(26)18-13(2)22-21(29-18)14-8-6-5-7-9-14/h5-11H,1-4H3,(H,23,25)(H,24,26). The molecule has 0 aliphatic heterocycles. The van der Waals surface area contributed by atoms with Gasteiger partial charge in [-0.1, -0.05) is 30.3 Å². The van der Waals surface area contributed by atoms with Crippen LogP contribution in [0.3, 0.4) is 0 Å². The summed E-state index contributed by atoms with van der Waals surface area (Å²) >= 11 is 1.27. The third-order valence-electron chi connectivity index (χ3n) is 4.33. The molecule has 1 aromatic heterocycles. The van der Waals surface area contributed by atoms with E-state index in [0.717, 1.165) is 16.1 Å². The maximum atomic E-state index is 12.5. The molecular formula is C21H21N3O4S. The number of thiazole rings is 1. The number of amides is 2. The lowest BCUT2D eigenvalue weighted by Gasteiger charge is -2.13. The second-order valence-electron chi connectivity index (χ2n) is 6.21. The molecule has 0 radical (unpaired) electrons. The number of nitrogens with one attached hydrogen (secondary N) is 2. The van der Waals surface area contributed by atoms with Crippen molar-refractivity contribution in [3.05, 3.63) is 64.2 Å². The van der Waals surface area contributed by atoms with Crippen LogP contribution in [0, 0.1) is 13.8 Å². The van der Waals surface area contributed by atoms with Crippen molar-refractivity contribution in [1.82, 2.24) is 15.8 Å². The predicted molar refractivity (Wildman–Crippen MR) is 112 cm³/mol. The maximum Gasteiger partial charge on any atom is 0.281 e. The molecule has 0 bridgehead atoms. The molecule has 1 heterocycles. The van der Waals surface area contributed by atoms with E-state index in [1.54, 1.807) is 19.1 Å². The van der Waals surface area contributed by atoms with Gasteiger partial charge in [0.2, 0.25) is 0 Å². The van der Waals surface area contributed by atoms with E-state index in [2.05, 4.69) is 15.8 Å². The quantitative estimate of drug-likeness (QED) is 0.627. The zero-order chi connectivity index (χ0) is 21.0. The Hall–Kier alpha value is -3.39. The Morgan fingerprint density at radius 3 is 2.10 bits per heavy atom. The molecule has 0 atom stereocenters. The van der Waals surface area contributed by atoms with Crippen molar-refractivity contribution in [1.29, 1.82) is 0 Å². The van der Waals surface area contributed by atoms with Crippen molar-refractivity contribution >= 4 is 23.2 Å². The lowest BCUT2D eigenvalue weighted by Crippen LogP contribution is -2.41. The number of benzene rings is 2. The highest BCUT2D eigenvalue weighted by molar-refractivity contribution is 7.17. The fourth-order valence-corrected chi connectivity index (χ4v) is 3.74. The summed E-state index contributed by atoms with van der Waals surface area (Å²) in [6.07, 6.45) is 0. The largest absolute Gasteiger partial charge is 0.496 e. The molecule has 0 fully saturated rings. The first-order chi connectivity index (χ1) is 13.9. The molecule has 0 aliphatic rings. The van der Waals surface area contributed by atoms with Crippen LogP contribution in [0.4, 0.5) is 0 Å². The van der Waals surface area contributed by atoms with Crippen LogP contribution in [-0.2, 0) is 0 Å². The number of aromatic nitrogens is 1. The van der Waals surface area contributed by atoms with Gasteiger partial charge in [0.15, 0.2) is 0 Å². The van der Waals surface area contributed by atoms with E-state index in [1.807, 2.05) is 37.3 Å². The highest BCUT2D eigenvalue weighted by atomic mass is 32.1. The predicted octanol–water partition coefficient (Wildman–Crippen LogP) is 3.52. The highest BCUT2D eigenvalue weighted by Gasteiger charge is 2.18. The van der Waals surface area contributed by atoms with Gasteiger partial charge in [-0.15, -0.1) is 11.3 Å². The van der Waals surface area contributed by atoms with Gasteiger partial charge in [0.05, 0.1) is 19.9 Å². The Balaban J connectivity index is 1.73. The number of ether oxygens (including phenoxy) is 2. The number of hydrazine groups is 1. The number of carbonyl (C=O) groups excluding carboxylic acids is 2. The van der Waals surface area contributed by atoms with Gasteiger partial charge >= 0.3 is 0 Å². The summed E-state index contributed by atoms with van der Waals surface area (Å²) in [6.45, 7) is 3.59. The Bertz CT molecular complexity index is 1020. The van der Waals surface area contributed by atoms with Crippen LogP contribution in [0.5, 0.6) is 11.5 Å². The Kier molecular flexibility index (Phi) is 6.13. The number of hydrogen-bond acceptors (Lipinski definition) is 6. The molecule has 2 N–H and O–H groups in total. The summed E-state index contributed by atoms with van der Waals surface area (Å²) in [6, 6.07) is 12.8. The summed E-state index contributed by atoms with van der Waals surface area (Å²) in [4.78, 5) is 29.9. The third-order valence-corrected chi connectivity index (χ3v) is 5.53. The molecule has 2 amide bonds. The van der Waals surface area contributed by atoms with Crippen molar-refractivity contribution in [3.63, 3.8) is 0 Å². The van der Waals surface area contributed by atoms with Crippen molar-refractivity contribution in [3.8, 4) is 22.1 Å². The lowest BCUT2D eigenvalue weighted by molar-refractivity contribution is 0.0848. The first kappa shape index (κ1) is 20.3. The minimum atomic E-state index is -0.486. The van der Waals surface area contributed by atoms with E-state index in [1.165, 1.54) is 25.6 Å². The lowest BCUT2D eigenvalue weighted by atomic mass is 10.1. The normalized spacial score (nSPS) is 10.3. The van der Waals surface area contributed by atoms with Crippen molar-refractivity contribution < 1.29 is 19.1 Å². The number of aryl methyl sites for hydroxylation is 1. The molecule has 0 spiro atoms. The molecule has 8 heteroatoms. The second kappa shape index (κ2) is 8.74. The van der Waals surface area contributed by atoms with Crippen LogP contribution < -0.4 is 20.3 Å². The zero-order valence-electron chi connectivity index (χ0n) is 16.5. The average Bonchev–Trinajstić information content (AvgIpc) is 3.14. The molecular weight excluding hydrogens is 390 g/mol. The van der Waals surface area contributed by atoms with Gasteiger partial charge in [0.25, 0.3) is 11.8 Å². The first-order valence-corrected chi connectivity index (χ1v) is 9.62. The SMILES string of the molecule is COc1cc(C(=O)NNC(=O)c2sc(-c3ccccc3)nc2C)cc(OC)c1C. The van der Waals surface area contributed by atoms with Crippen LogP contribution in [0.2, 0.25) is 0 Å². The highest BCUT2D eigenvalue weighted by Crippen LogP contribution is 2.30. The third kappa shape index (κ3) is 4.38. The van der Waals surface area contributed by atoms with Gasteiger partial charge in [0.1, 0.15) is 21.4 Å². The van der Waals surface area contributed by atoms with Gasteiger partial charge in [-0.25, -0.2) is 4.98 Å². The van der Waals surface area contributed by atoms with Crippen LogP contribution in [0.1, 0.15) is 31.3 Å². The topological polar surface area (TPSA) is 89.6 Å². The smallest absolute Gasteiger partial charge is 0.281 e. The first-order valence-electron chi connectivity index (χ1n) is 8.80. The molecule has 0 saturated carbocycles. The summed E-state index contributed by atoms with van der Waals surface area (Å²) in [7, 11) is 3.03. The molecule has 0 saturated heterocycles. The summed E-state index contributed by atoms with van der Waals surface area (Å²) in [5.41, 5.74) is 7.48. The molecule has 7 nitrogen and oxygen atoms in total. The second-order valence-corrected chi connectivity index (χ2v) is 7.21. The molecule has 0 aliphatic carbocycles. The van der Waals surface area contributed by atoms with Crippen LogP contribution in [0.25, 0.3) is 10.6 Å². The van der Waals surface area contributed by atoms with E-state index >= 15 is 0 Å². The summed E-state index contributed by atoms with van der Waals surface area (Å²) in [5, 5.41) is 0.743. The molecule has 3 aromatic rings. The van der Waals surface area contributed by atoms with E-state index in [-0.39, 0.29) is 0 Å². The van der Waals surface area contributed by atoms with Crippen molar-refractivity contribution in [2.75, 3.05) is 14.2 Å². The molecule has 0 unspecified atom stereocenters. The Labute approximate surface area is 172 Å². The van der Waals surface area contributed by atoms with Gasteiger partial charge in [-0.3, -0.25) is 20.4 Å². The number of methoxy groups -OCH3 is 2. The van der Waals surface area contributed by atoms with E-state index in [4.69, 9.17) is 9.47 Å². The molecule has 2 aromatic carbocycles. The fraction of sp³-hybridized carbons (Fsp3) is 0.190. The Morgan fingerprint density at radius 2 is 1.52 bits per heavy atom. The number of rotatable bonds is 5. The van der Waals surface area contributed by atoms with E-state index < -0.39 is 11.8 Å². The zero-order valence-corrected chi connectivity index (χ0v) is 17.3. The number of nitrogens with zero attached hydrogens (tertiary/aromatic N) is 1. The fourth-order valence-electron chi connectivity index (χ4n) is 2.77. The van der Waals surface area contributed by atoms with Gasteiger partial charge in [-0.05, 0) is 26.0 Å². The number of hydrogen-bond donors (Lipinski definition) is 2. The Morgan fingerprint density at radius 1 is 0.931 bits per heavy atom. The molecule has 3 rings (SSSR count). The van der Waals surface area contributed by atoms with Crippen molar-refractivity contribution in [2.45, 2.75) is 13.8 Å². The average molecular weight is 411 g/mol. The minimum absolute atomic E-state index is 0.301. The number of carbonyl (C=O) groups is 2. The van der Waals surface area contributed by atoms with E-state index in [9.17, 15) is 9.59 Å². The van der Waals surface area contributed by atoms with E-state index in [0.29, 0.717) is 27.6 Å². The molecule has 150 valence electrons. The van der Waals surface area contributed by atoms with Gasteiger partial charge < -0.3 is 9.47 Å². The molecule has 29 heavy (non-hydrogen) atoms. The van der Waals surface area contributed by atoms with Gasteiger partial charge in [-0.2, -0.15) is 0 Å². The minimum Gasteiger partial charge on any atom is -0.496 e. The van der Waals surface area contributed by atoms with Crippen LogP contribution >= 0.6 is 11.3 Å². The summed E-state index contributed by atoms with van der Waals surface area (Å²) < 4.78 is 10.6.